The molecular weight excluding hydrogens is 528 g/mol. The number of ketones is 1. The van der Waals surface area contributed by atoms with Crippen LogP contribution in [0.2, 0.25) is 0 Å². The fraction of sp³-hybridized carbons (Fsp3) is 0.382. The number of nitrogens with zero attached hydrogens (tertiary/aromatic N) is 4. The molecule has 0 saturated heterocycles. The molecule has 2 heterocycles. The molecule has 0 bridgehead atoms. The Labute approximate surface area is 247 Å². The average Bonchev–Trinajstić information content (AvgIpc) is 3.51. The predicted octanol–water partition coefficient (Wildman–Crippen LogP) is 7.45. The number of unbranched alkanes of at least 4 members (excludes halogenated alkanes) is 4. The summed E-state index contributed by atoms with van der Waals surface area (Å²) in [6, 6.07) is 15.6. The molecule has 0 fully saturated rings. The van der Waals surface area contributed by atoms with E-state index in [-0.39, 0.29) is 24.7 Å². The van der Waals surface area contributed by atoms with Crippen molar-refractivity contribution in [1.29, 1.82) is 0 Å². The summed E-state index contributed by atoms with van der Waals surface area (Å²) in [5.41, 5.74) is 4.02. The average molecular weight is 569 g/mol. The molecule has 0 saturated carbocycles. The molecule has 0 unspecified atom stereocenters. The van der Waals surface area contributed by atoms with Crippen molar-refractivity contribution in [3.63, 3.8) is 0 Å². The minimum Gasteiger partial charge on any atom is -0.494 e. The Bertz CT molecular complexity index is 1430. The van der Waals surface area contributed by atoms with Crippen molar-refractivity contribution in [2.75, 3.05) is 6.61 Å². The van der Waals surface area contributed by atoms with E-state index in [0.29, 0.717) is 11.4 Å². The van der Waals surface area contributed by atoms with Crippen molar-refractivity contribution in [2.45, 2.75) is 71.8 Å². The molecule has 1 N–H and O–H groups in total. The van der Waals surface area contributed by atoms with Gasteiger partial charge in [-0.1, -0.05) is 69.0 Å². The van der Waals surface area contributed by atoms with Crippen LogP contribution in [0.25, 0.3) is 22.5 Å². The highest BCUT2D eigenvalue weighted by Gasteiger charge is 2.23. The van der Waals surface area contributed by atoms with Crippen molar-refractivity contribution in [3.05, 3.63) is 84.4 Å². The van der Waals surface area contributed by atoms with Gasteiger partial charge in [-0.2, -0.15) is 5.10 Å². The molecular formula is C34H40N4O4. The molecule has 2 aromatic heterocycles. The van der Waals surface area contributed by atoms with Gasteiger partial charge in [0.2, 0.25) is 0 Å². The van der Waals surface area contributed by atoms with Crippen LogP contribution in [-0.2, 0) is 11.2 Å². The lowest BCUT2D eigenvalue weighted by Gasteiger charge is -2.12. The molecule has 0 radical (unpaired) electrons. The second-order valence-corrected chi connectivity index (χ2v) is 10.9. The number of carbonyl (C=O) groups excluding carboxylic acids is 1. The minimum atomic E-state index is -0.996. The Balaban J connectivity index is 1.32. The molecule has 0 aliphatic heterocycles. The quantitative estimate of drug-likeness (QED) is 0.110. The summed E-state index contributed by atoms with van der Waals surface area (Å²) in [5, 5.41) is 14.0. The first-order valence-electron chi connectivity index (χ1n) is 14.8. The van der Waals surface area contributed by atoms with Crippen molar-refractivity contribution in [3.8, 4) is 28.3 Å². The molecule has 2 aromatic carbocycles. The van der Waals surface area contributed by atoms with Gasteiger partial charge in [-0.15, -0.1) is 0 Å². The van der Waals surface area contributed by atoms with Crippen LogP contribution in [-0.4, -0.2) is 43.2 Å². The number of aromatic nitrogens is 4. The largest absolute Gasteiger partial charge is 0.494 e. The third-order valence-electron chi connectivity index (χ3n) is 7.28. The summed E-state index contributed by atoms with van der Waals surface area (Å²) < 4.78 is 7.56. The first kappa shape index (κ1) is 30.6. The monoisotopic (exact) mass is 568 g/mol. The third kappa shape index (κ3) is 8.59. The summed E-state index contributed by atoms with van der Waals surface area (Å²) in [5.74, 6) is -0.600. The number of rotatable bonds is 16. The van der Waals surface area contributed by atoms with E-state index in [1.165, 1.54) is 31.9 Å². The smallest absolute Gasteiger partial charge is 0.307 e. The van der Waals surface area contributed by atoms with Gasteiger partial charge < -0.3 is 9.84 Å². The van der Waals surface area contributed by atoms with Gasteiger partial charge in [-0.3, -0.25) is 14.3 Å². The number of aliphatic carboxylic acids is 1. The normalized spacial score (nSPS) is 11.9. The van der Waals surface area contributed by atoms with Gasteiger partial charge in [0.15, 0.2) is 11.6 Å². The number of ether oxygens (including phenoxy) is 1. The first-order valence-corrected chi connectivity index (χ1v) is 14.8. The maximum absolute atomic E-state index is 12.7. The van der Waals surface area contributed by atoms with Gasteiger partial charge in [0.05, 0.1) is 24.3 Å². The van der Waals surface area contributed by atoms with Crippen LogP contribution in [0.5, 0.6) is 5.75 Å². The number of benzene rings is 2. The van der Waals surface area contributed by atoms with E-state index in [4.69, 9.17) is 4.74 Å². The topological polar surface area (TPSA) is 107 Å². The molecule has 0 amide bonds. The number of carboxylic acids is 1. The third-order valence-corrected chi connectivity index (χ3v) is 7.28. The number of carboxylic acid groups (broad SMARTS) is 1. The second kappa shape index (κ2) is 15.1. The summed E-state index contributed by atoms with van der Waals surface area (Å²) in [6.07, 6.45) is 13.0. The van der Waals surface area contributed by atoms with Crippen LogP contribution >= 0.6 is 0 Å². The minimum absolute atomic E-state index is 0.0857. The van der Waals surface area contributed by atoms with Crippen LogP contribution in [0.15, 0.2) is 73.3 Å². The van der Waals surface area contributed by atoms with E-state index in [1.54, 1.807) is 23.3 Å². The molecule has 1 atom stereocenters. The number of hydrogen-bond acceptors (Lipinski definition) is 6. The summed E-state index contributed by atoms with van der Waals surface area (Å²) in [4.78, 5) is 33.7. The zero-order valence-electron chi connectivity index (χ0n) is 24.7. The van der Waals surface area contributed by atoms with Crippen molar-refractivity contribution in [1.82, 2.24) is 19.7 Å². The Morgan fingerprint density at radius 2 is 1.52 bits per heavy atom. The van der Waals surface area contributed by atoms with Gasteiger partial charge in [-0.25, -0.2) is 9.97 Å². The van der Waals surface area contributed by atoms with Crippen molar-refractivity contribution < 1.29 is 19.4 Å². The zero-order chi connectivity index (χ0) is 29.9. The van der Waals surface area contributed by atoms with Gasteiger partial charge >= 0.3 is 5.97 Å². The summed E-state index contributed by atoms with van der Waals surface area (Å²) in [6.45, 7) is 6.89. The van der Waals surface area contributed by atoms with Gasteiger partial charge in [0, 0.05) is 42.2 Å². The highest BCUT2D eigenvalue weighted by atomic mass is 16.5. The van der Waals surface area contributed by atoms with E-state index in [1.807, 2.05) is 62.4 Å². The predicted molar refractivity (Wildman–Crippen MR) is 164 cm³/mol. The van der Waals surface area contributed by atoms with Crippen LogP contribution in [0, 0.1) is 5.92 Å². The molecule has 0 spiro atoms. The maximum Gasteiger partial charge on any atom is 0.307 e. The molecule has 220 valence electrons. The van der Waals surface area contributed by atoms with Gasteiger partial charge in [0.25, 0.3) is 0 Å². The van der Waals surface area contributed by atoms with Gasteiger partial charge in [0.1, 0.15) is 5.75 Å². The molecule has 42 heavy (non-hydrogen) atoms. The Morgan fingerprint density at radius 1 is 0.857 bits per heavy atom. The van der Waals surface area contributed by atoms with Crippen LogP contribution < -0.4 is 4.74 Å². The van der Waals surface area contributed by atoms with Crippen molar-refractivity contribution >= 4 is 11.8 Å². The fourth-order valence-electron chi connectivity index (χ4n) is 4.69. The summed E-state index contributed by atoms with van der Waals surface area (Å²) >= 11 is 0. The number of carbonyl (C=O) groups is 2. The standard InChI is InChI=1S/C34H40N4O4/c1-4-5-6-7-8-17-42-31-15-13-26(14-16-31)29-20-35-33(36-21-29)27-11-9-25(10-12-27)18-28(34(40)41)19-32(39)30-22-37-38(23-30)24(2)3/h9-16,20-24,28H,4-8,17-19H2,1-3H3,(H,40,41)/t28-/m1/s1. The lowest BCUT2D eigenvalue weighted by molar-refractivity contribution is -0.141. The van der Waals surface area contributed by atoms with Crippen LogP contribution in [0.1, 0.15) is 81.3 Å². The Morgan fingerprint density at radius 3 is 2.14 bits per heavy atom. The molecule has 4 aromatic rings. The fourth-order valence-corrected chi connectivity index (χ4v) is 4.69. The second-order valence-electron chi connectivity index (χ2n) is 10.9. The summed E-state index contributed by atoms with van der Waals surface area (Å²) in [7, 11) is 0. The molecule has 0 aliphatic rings. The molecule has 0 aliphatic carbocycles. The number of hydrogen-bond donors (Lipinski definition) is 1. The van der Waals surface area contributed by atoms with Crippen molar-refractivity contribution in [2.24, 2.45) is 5.92 Å². The molecule has 8 heteroatoms. The SMILES string of the molecule is CCCCCCCOc1ccc(-c2cnc(-c3ccc(C[C@H](CC(=O)c4cnn(C(C)C)c4)C(=O)O)cc3)nc2)cc1. The maximum atomic E-state index is 12.7. The van der Waals surface area contributed by atoms with E-state index in [9.17, 15) is 14.7 Å². The molecule has 8 nitrogen and oxygen atoms in total. The zero-order valence-corrected chi connectivity index (χ0v) is 24.7. The highest BCUT2D eigenvalue weighted by Crippen LogP contribution is 2.24. The van der Waals surface area contributed by atoms with Crippen LogP contribution in [0.3, 0.4) is 0 Å². The van der Waals surface area contributed by atoms with E-state index in [0.717, 1.165) is 41.0 Å². The first-order chi connectivity index (χ1) is 20.3. The lowest BCUT2D eigenvalue weighted by atomic mass is 9.92. The lowest BCUT2D eigenvalue weighted by Crippen LogP contribution is -2.20. The van der Waals surface area contributed by atoms with Crippen LogP contribution in [0.4, 0.5) is 0 Å². The highest BCUT2D eigenvalue weighted by molar-refractivity contribution is 5.97. The molecule has 4 rings (SSSR count). The Kier molecular flexibility index (Phi) is 11.0. The van der Waals surface area contributed by atoms with Gasteiger partial charge in [-0.05, 0) is 49.9 Å². The van der Waals surface area contributed by atoms with E-state index in [2.05, 4.69) is 22.0 Å². The van der Waals surface area contributed by atoms with E-state index < -0.39 is 11.9 Å². The Hall–Kier alpha value is -4.33. The number of Topliss-reactive ketones (excluding diaryl/α,β-unsaturated/α-hetero) is 1. The van der Waals surface area contributed by atoms with E-state index >= 15 is 0 Å².